The van der Waals surface area contributed by atoms with E-state index in [1.54, 1.807) is 0 Å². The molecule has 49 heavy (non-hydrogen) atoms. The molecule has 0 amide bonds. The highest BCUT2D eigenvalue weighted by atomic mass is 14.9. The van der Waals surface area contributed by atoms with Crippen LogP contribution < -0.4 is 0 Å². The molecule has 0 aliphatic heterocycles. The molecule has 0 radical (unpaired) electrons. The summed E-state index contributed by atoms with van der Waals surface area (Å²) in [5.41, 5.74) is 15.2. The van der Waals surface area contributed by atoms with Gasteiger partial charge in [0.2, 0.25) is 0 Å². The molecule has 0 saturated heterocycles. The lowest BCUT2D eigenvalue weighted by molar-refractivity contribution is 0.666. The van der Waals surface area contributed by atoms with Gasteiger partial charge in [-0.3, -0.25) is 0 Å². The average Bonchev–Trinajstić information content (AvgIpc) is 3.42. The zero-order valence-corrected chi connectivity index (χ0v) is 27.6. The Labute approximate surface area is 287 Å². The number of hydrogen-bond donors (Lipinski definition) is 0. The van der Waals surface area contributed by atoms with Gasteiger partial charge in [-0.25, -0.2) is 9.97 Å². The molecular formula is C47H34N2. The summed E-state index contributed by atoms with van der Waals surface area (Å²) in [5.74, 6) is 0.720. The molecule has 0 fully saturated rings. The summed E-state index contributed by atoms with van der Waals surface area (Å²) in [7, 11) is 0. The van der Waals surface area contributed by atoms with E-state index in [0.29, 0.717) is 0 Å². The largest absolute Gasteiger partial charge is 0.228 e. The Morgan fingerprint density at radius 1 is 0.408 bits per heavy atom. The molecule has 0 spiro atoms. The van der Waals surface area contributed by atoms with Gasteiger partial charge < -0.3 is 0 Å². The molecule has 0 bridgehead atoms. The second kappa shape index (κ2) is 11.5. The van der Waals surface area contributed by atoms with Gasteiger partial charge in [-0.15, -0.1) is 0 Å². The number of rotatable bonds is 5. The van der Waals surface area contributed by atoms with E-state index < -0.39 is 0 Å². The highest BCUT2D eigenvalue weighted by Crippen LogP contribution is 2.54. The summed E-state index contributed by atoms with van der Waals surface area (Å²) >= 11 is 0. The molecule has 2 nitrogen and oxygen atoms in total. The summed E-state index contributed by atoms with van der Waals surface area (Å²) in [4.78, 5) is 10.1. The first-order valence-electron chi connectivity index (χ1n) is 16.9. The van der Waals surface area contributed by atoms with E-state index in [4.69, 9.17) is 9.97 Å². The van der Waals surface area contributed by atoms with Crippen LogP contribution in [0.4, 0.5) is 0 Å². The van der Waals surface area contributed by atoms with Crippen molar-refractivity contribution in [2.45, 2.75) is 19.3 Å². The van der Waals surface area contributed by atoms with Crippen LogP contribution in [0.2, 0.25) is 0 Å². The molecule has 1 heterocycles. The summed E-state index contributed by atoms with van der Waals surface area (Å²) in [6.45, 7) is 4.74. The number of benzene rings is 7. The van der Waals surface area contributed by atoms with E-state index >= 15 is 0 Å². The van der Waals surface area contributed by atoms with Crippen molar-refractivity contribution >= 4 is 10.8 Å². The van der Waals surface area contributed by atoms with Crippen LogP contribution in [-0.2, 0) is 5.41 Å². The summed E-state index contributed by atoms with van der Waals surface area (Å²) < 4.78 is 0. The third kappa shape index (κ3) is 4.96. The molecule has 0 saturated carbocycles. The number of fused-ring (bicyclic) bond motifs is 5. The first-order chi connectivity index (χ1) is 24.0. The van der Waals surface area contributed by atoms with Crippen molar-refractivity contribution in [1.82, 2.24) is 9.97 Å². The zero-order valence-electron chi connectivity index (χ0n) is 27.6. The number of aromatic nitrogens is 2. The molecule has 2 heteroatoms. The minimum atomic E-state index is -0.0950. The second-order valence-corrected chi connectivity index (χ2v) is 13.4. The SMILES string of the molecule is CC1(C)c2ccccc2-c2c(-c3cccc(-c4cccc(-c5cc(-c6ccccc6)nc(-c6ccccc6)n5)c4)c3)cc3ccccc3c21. The van der Waals surface area contributed by atoms with Gasteiger partial charge in [-0.2, -0.15) is 0 Å². The lowest BCUT2D eigenvalue weighted by Gasteiger charge is -2.24. The fourth-order valence-corrected chi connectivity index (χ4v) is 7.68. The van der Waals surface area contributed by atoms with Crippen molar-refractivity contribution in [1.29, 1.82) is 0 Å². The first-order valence-corrected chi connectivity index (χ1v) is 16.9. The molecule has 1 aliphatic carbocycles. The third-order valence-electron chi connectivity index (χ3n) is 10.0. The first kappa shape index (κ1) is 29.1. The maximum Gasteiger partial charge on any atom is 0.160 e. The van der Waals surface area contributed by atoms with Crippen LogP contribution >= 0.6 is 0 Å². The highest BCUT2D eigenvalue weighted by molar-refractivity contribution is 6.05. The predicted molar refractivity (Wildman–Crippen MR) is 204 cm³/mol. The van der Waals surface area contributed by atoms with Crippen molar-refractivity contribution in [2.75, 3.05) is 0 Å². The van der Waals surface area contributed by atoms with Gasteiger partial charge >= 0.3 is 0 Å². The minimum absolute atomic E-state index is 0.0950. The molecule has 9 rings (SSSR count). The Balaban J connectivity index is 1.18. The van der Waals surface area contributed by atoms with Crippen LogP contribution in [0.15, 0.2) is 170 Å². The minimum Gasteiger partial charge on any atom is -0.228 e. The van der Waals surface area contributed by atoms with Gasteiger partial charge in [-0.05, 0) is 79.5 Å². The van der Waals surface area contributed by atoms with Crippen molar-refractivity contribution in [3.05, 3.63) is 181 Å². The van der Waals surface area contributed by atoms with E-state index in [1.165, 1.54) is 49.7 Å². The quantitative estimate of drug-likeness (QED) is 0.190. The van der Waals surface area contributed by atoms with E-state index in [-0.39, 0.29) is 5.41 Å². The smallest absolute Gasteiger partial charge is 0.160 e. The maximum atomic E-state index is 5.09. The molecule has 0 N–H and O–H groups in total. The topological polar surface area (TPSA) is 25.8 Å². The summed E-state index contributed by atoms with van der Waals surface area (Å²) in [6.07, 6.45) is 0. The van der Waals surface area contributed by atoms with E-state index in [0.717, 1.165) is 39.5 Å². The van der Waals surface area contributed by atoms with E-state index in [2.05, 4.69) is 159 Å². The van der Waals surface area contributed by atoms with Crippen LogP contribution in [0.5, 0.6) is 0 Å². The van der Waals surface area contributed by atoms with Crippen LogP contribution in [0.25, 0.3) is 78.1 Å². The molecule has 0 unspecified atom stereocenters. The zero-order chi connectivity index (χ0) is 33.0. The molecule has 1 aliphatic rings. The van der Waals surface area contributed by atoms with Crippen molar-refractivity contribution in [3.63, 3.8) is 0 Å². The molecule has 8 aromatic rings. The standard InChI is InChI=1S/C47H34N2/c1-47(2)41-26-12-11-25-39(41)44-40(29-36-19-9-10-24-38(36)45(44)47)35-22-13-20-33(27-35)34-21-14-23-37(28-34)43-30-42(31-15-5-3-6-16-31)48-46(49-43)32-17-7-4-8-18-32/h3-30H,1-2H3. The van der Waals surface area contributed by atoms with E-state index in [1.807, 2.05) is 24.3 Å². The van der Waals surface area contributed by atoms with E-state index in [9.17, 15) is 0 Å². The van der Waals surface area contributed by atoms with Gasteiger partial charge in [0.15, 0.2) is 5.82 Å². The molecular weight excluding hydrogens is 593 g/mol. The fourth-order valence-electron chi connectivity index (χ4n) is 7.68. The maximum absolute atomic E-state index is 5.09. The van der Waals surface area contributed by atoms with Gasteiger partial charge in [0.1, 0.15) is 0 Å². The van der Waals surface area contributed by atoms with Gasteiger partial charge in [-0.1, -0.05) is 159 Å². The highest BCUT2D eigenvalue weighted by Gasteiger charge is 2.38. The third-order valence-corrected chi connectivity index (χ3v) is 10.0. The molecule has 0 atom stereocenters. The normalized spacial score (nSPS) is 12.9. The Kier molecular flexibility index (Phi) is 6.84. The van der Waals surface area contributed by atoms with Crippen molar-refractivity contribution < 1.29 is 0 Å². The lowest BCUT2D eigenvalue weighted by Crippen LogP contribution is -2.15. The molecule has 7 aromatic carbocycles. The Morgan fingerprint density at radius 3 is 1.71 bits per heavy atom. The van der Waals surface area contributed by atoms with Crippen LogP contribution in [0, 0.1) is 0 Å². The van der Waals surface area contributed by atoms with Crippen molar-refractivity contribution in [3.8, 4) is 67.3 Å². The Morgan fingerprint density at radius 2 is 0.959 bits per heavy atom. The molecule has 1 aromatic heterocycles. The summed E-state index contributed by atoms with van der Waals surface area (Å²) in [6, 6.07) is 60.6. The van der Waals surface area contributed by atoms with Gasteiger partial charge in [0.05, 0.1) is 11.4 Å². The Bertz CT molecular complexity index is 2450. The van der Waals surface area contributed by atoms with Gasteiger partial charge in [0, 0.05) is 22.1 Å². The lowest BCUT2D eigenvalue weighted by atomic mass is 9.79. The average molecular weight is 627 g/mol. The van der Waals surface area contributed by atoms with Crippen molar-refractivity contribution in [2.24, 2.45) is 0 Å². The van der Waals surface area contributed by atoms with Crippen LogP contribution in [-0.4, -0.2) is 9.97 Å². The van der Waals surface area contributed by atoms with Crippen LogP contribution in [0.1, 0.15) is 25.0 Å². The Hall–Kier alpha value is -6.12. The monoisotopic (exact) mass is 626 g/mol. The molecule has 232 valence electrons. The van der Waals surface area contributed by atoms with Gasteiger partial charge in [0.25, 0.3) is 0 Å². The fraction of sp³-hybridized carbons (Fsp3) is 0.0638. The number of nitrogens with zero attached hydrogens (tertiary/aromatic N) is 2. The number of hydrogen-bond acceptors (Lipinski definition) is 2. The summed E-state index contributed by atoms with van der Waals surface area (Å²) in [5, 5.41) is 2.61. The predicted octanol–water partition coefficient (Wildman–Crippen LogP) is 12.3. The van der Waals surface area contributed by atoms with Crippen LogP contribution in [0.3, 0.4) is 0 Å². The second-order valence-electron chi connectivity index (χ2n) is 13.4.